The molecule has 0 saturated carbocycles. The van der Waals surface area contributed by atoms with Gasteiger partial charge in [0.25, 0.3) is 0 Å². The van der Waals surface area contributed by atoms with Gasteiger partial charge in [0, 0.05) is 11.4 Å². The third-order valence-electron chi connectivity index (χ3n) is 6.86. The molecule has 4 rings (SSSR count). The highest BCUT2D eigenvalue weighted by atomic mass is 32.2. The molecule has 10 heteroatoms. The number of thioether (sulfide) groups is 1. The van der Waals surface area contributed by atoms with E-state index in [1.165, 1.54) is 33.5 Å². The lowest BCUT2D eigenvalue weighted by Gasteiger charge is -2.18. The maximum atomic E-state index is 13.0. The van der Waals surface area contributed by atoms with Crippen molar-refractivity contribution < 1.29 is 19.1 Å². The van der Waals surface area contributed by atoms with Crippen LogP contribution in [0.2, 0.25) is 0 Å². The second-order valence-electron chi connectivity index (χ2n) is 9.66. The molecule has 0 bridgehead atoms. The van der Waals surface area contributed by atoms with E-state index in [0.717, 1.165) is 36.1 Å². The fraction of sp³-hybridized carbons (Fsp3) is 0.500. The molecular weight excluding hydrogens is 520 g/mol. The summed E-state index contributed by atoms with van der Waals surface area (Å²) in [6.07, 6.45) is 2.47. The Morgan fingerprint density at radius 1 is 1.26 bits per heavy atom. The molecular formula is C28H36N4O4S2. The third kappa shape index (κ3) is 6.07. The van der Waals surface area contributed by atoms with Gasteiger partial charge in [-0.3, -0.25) is 4.79 Å². The topological polar surface area (TPSA) is 95.3 Å². The van der Waals surface area contributed by atoms with Crippen molar-refractivity contribution >= 4 is 40.0 Å². The molecule has 38 heavy (non-hydrogen) atoms. The van der Waals surface area contributed by atoms with E-state index in [1.807, 2.05) is 37.5 Å². The second kappa shape index (κ2) is 12.3. The molecule has 2 heterocycles. The lowest BCUT2D eigenvalue weighted by molar-refractivity contribution is -0.113. The number of esters is 1. The van der Waals surface area contributed by atoms with Gasteiger partial charge in [-0.15, -0.1) is 21.5 Å². The summed E-state index contributed by atoms with van der Waals surface area (Å²) in [4.78, 5) is 26.9. The fourth-order valence-electron chi connectivity index (χ4n) is 4.65. The largest absolute Gasteiger partial charge is 0.482 e. The Kier molecular flexibility index (Phi) is 9.15. The van der Waals surface area contributed by atoms with Crippen LogP contribution in [0.25, 0.3) is 0 Å². The van der Waals surface area contributed by atoms with E-state index in [0.29, 0.717) is 40.6 Å². The zero-order valence-electron chi connectivity index (χ0n) is 22.9. The number of ether oxygens (including phenoxy) is 2. The van der Waals surface area contributed by atoms with Crippen LogP contribution in [0, 0.1) is 19.8 Å². The van der Waals surface area contributed by atoms with E-state index in [-0.39, 0.29) is 23.7 Å². The number of amides is 1. The summed E-state index contributed by atoms with van der Waals surface area (Å²) >= 11 is 2.82. The number of nitrogens with one attached hydrogen (secondary N) is 1. The number of hydrogen-bond donors (Lipinski definition) is 1. The number of nitrogens with zero attached hydrogens (tertiary/aromatic N) is 3. The number of benzene rings is 1. The SMILES string of the molecule is CCOC(=O)c1c(NC(=O)CSc2nnc(C(C)Oc3cccc(C)c3C)n2CC)sc2c1CCC(C)C2. The molecule has 0 radical (unpaired) electrons. The molecule has 2 aromatic heterocycles. The Hall–Kier alpha value is -2.85. The maximum absolute atomic E-state index is 13.0. The van der Waals surface area contributed by atoms with E-state index >= 15 is 0 Å². The fourth-order valence-corrected chi connectivity index (χ4v) is 6.88. The van der Waals surface area contributed by atoms with Gasteiger partial charge >= 0.3 is 5.97 Å². The molecule has 3 aromatic rings. The highest BCUT2D eigenvalue weighted by Crippen LogP contribution is 2.40. The van der Waals surface area contributed by atoms with Crippen LogP contribution < -0.4 is 10.1 Å². The Balaban J connectivity index is 1.45. The molecule has 0 spiro atoms. The van der Waals surface area contributed by atoms with Crippen LogP contribution in [0.4, 0.5) is 5.00 Å². The zero-order chi connectivity index (χ0) is 27.4. The highest BCUT2D eigenvalue weighted by molar-refractivity contribution is 7.99. The van der Waals surface area contributed by atoms with Gasteiger partial charge in [0.15, 0.2) is 17.1 Å². The summed E-state index contributed by atoms with van der Waals surface area (Å²) in [5.41, 5.74) is 3.82. The molecule has 204 valence electrons. The van der Waals surface area contributed by atoms with Crippen LogP contribution in [0.5, 0.6) is 5.75 Å². The number of anilines is 1. The predicted octanol–water partition coefficient (Wildman–Crippen LogP) is 6.15. The van der Waals surface area contributed by atoms with Gasteiger partial charge < -0.3 is 19.4 Å². The number of carbonyl (C=O) groups excluding carboxylic acids is 2. The monoisotopic (exact) mass is 556 g/mol. The average molecular weight is 557 g/mol. The Morgan fingerprint density at radius 3 is 2.79 bits per heavy atom. The van der Waals surface area contributed by atoms with Crippen LogP contribution in [-0.4, -0.2) is 39.0 Å². The van der Waals surface area contributed by atoms with E-state index < -0.39 is 0 Å². The van der Waals surface area contributed by atoms with Crippen LogP contribution in [0.1, 0.15) is 78.0 Å². The normalized spacial score (nSPS) is 15.6. The van der Waals surface area contributed by atoms with Crippen molar-refractivity contribution in [3.8, 4) is 5.75 Å². The summed E-state index contributed by atoms with van der Waals surface area (Å²) in [6, 6.07) is 5.99. The number of aryl methyl sites for hydroxylation is 1. The zero-order valence-corrected chi connectivity index (χ0v) is 24.6. The maximum Gasteiger partial charge on any atom is 0.341 e. The first-order valence-corrected chi connectivity index (χ1v) is 14.9. The van der Waals surface area contributed by atoms with Crippen molar-refractivity contribution in [2.75, 3.05) is 17.7 Å². The molecule has 2 unspecified atom stereocenters. The quantitative estimate of drug-likeness (QED) is 0.236. The van der Waals surface area contributed by atoms with Crippen LogP contribution in [0.3, 0.4) is 0 Å². The van der Waals surface area contributed by atoms with E-state index in [9.17, 15) is 9.59 Å². The smallest absolute Gasteiger partial charge is 0.341 e. The number of fused-ring (bicyclic) bond motifs is 1. The Bertz CT molecular complexity index is 1320. The molecule has 1 N–H and O–H groups in total. The number of hydrogen-bond acceptors (Lipinski definition) is 8. The predicted molar refractivity (Wildman–Crippen MR) is 151 cm³/mol. The van der Waals surface area contributed by atoms with Crippen molar-refractivity contribution in [1.82, 2.24) is 14.8 Å². The van der Waals surface area contributed by atoms with Gasteiger partial charge in [0.05, 0.1) is 17.9 Å². The van der Waals surface area contributed by atoms with Crippen LogP contribution >= 0.6 is 23.1 Å². The summed E-state index contributed by atoms with van der Waals surface area (Å²) in [5, 5.41) is 12.9. The molecule has 2 atom stereocenters. The first-order chi connectivity index (χ1) is 18.2. The van der Waals surface area contributed by atoms with Gasteiger partial charge in [-0.05, 0) is 82.6 Å². The summed E-state index contributed by atoms with van der Waals surface area (Å²) in [6.45, 7) is 13.0. The van der Waals surface area contributed by atoms with Crippen molar-refractivity contribution in [3.63, 3.8) is 0 Å². The molecule has 1 aliphatic rings. The van der Waals surface area contributed by atoms with E-state index in [1.54, 1.807) is 6.92 Å². The van der Waals surface area contributed by atoms with Gasteiger partial charge in [0.2, 0.25) is 5.91 Å². The van der Waals surface area contributed by atoms with Crippen molar-refractivity contribution in [1.29, 1.82) is 0 Å². The third-order valence-corrected chi connectivity index (χ3v) is 9.00. The van der Waals surface area contributed by atoms with E-state index in [4.69, 9.17) is 9.47 Å². The molecule has 0 aliphatic heterocycles. The van der Waals surface area contributed by atoms with Crippen LogP contribution in [0.15, 0.2) is 23.4 Å². The lowest BCUT2D eigenvalue weighted by Crippen LogP contribution is -2.18. The number of thiophene rings is 1. The lowest BCUT2D eigenvalue weighted by atomic mass is 9.88. The number of rotatable bonds is 10. The van der Waals surface area contributed by atoms with Gasteiger partial charge in [-0.25, -0.2) is 4.79 Å². The summed E-state index contributed by atoms with van der Waals surface area (Å²) in [5.74, 6) is 1.68. The second-order valence-corrected chi connectivity index (χ2v) is 11.7. The highest BCUT2D eigenvalue weighted by Gasteiger charge is 2.29. The number of aromatic nitrogens is 3. The molecule has 1 amide bonds. The Morgan fingerprint density at radius 2 is 2.05 bits per heavy atom. The van der Waals surface area contributed by atoms with Crippen molar-refractivity contribution in [2.24, 2.45) is 5.92 Å². The molecule has 8 nitrogen and oxygen atoms in total. The van der Waals surface area contributed by atoms with Crippen molar-refractivity contribution in [3.05, 3.63) is 51.2 Å². The minimum Gasteiger partial charge on any atom is -0.482 e. The van der Waals surface area contributed by atoms with Gasteiger partial charge in [0.1, 0.15) is 10.8 Å². The first kappa shape index (κ1) is 28.2. The summed E-state index contributed by atoms with van der Waals surface area (Å²) in [7, 11) is 0. The van der Waals surface area contributed by atoms with Crippen LogP contribution in [-0.2, 0) is 28.9 Å². The number of carbonyl (C=O) groups is 2. The molecule has 1 aliphatic carbocycles. The first-order valence-electron chi connectivity index (χ1n) is 13.1. The minimum atomic E-state index is -0.365. The van der Waals surface area contributed by atoms with Gasteiger partial charge in [-0.1, -0.05) is 30.8 Å². The molecule has 1 aromatic carbocycles. The minimum absolute atomic E-state index is 0.144. The summed E-state index contributed by atoms with van der Waals surface area (Å²) < 4.78 is 13.5. The molecule has 0 fully saturated rings. The van der Waals surface area contributed by atoms with E-state index in [2.05, 4.69) is 35.4 Å². The molecule has 0 saturated heterocycles. The standard InChI is InChI=1S/C28H36N4O4S2/c1-7-32-25(19(6)36-21-11-9-10-17(4)18(21)5)30-31-28(32)37-15-23(33)29-26-24(27(34)35-8-2)20-13-12-16(3)14-22(20)38-26/h9-11,16,19H,7-8,12-15H2,1-6H3,(H,29,33). The Labute approximate surface area is 232 Å². The van der Waals surface area contributed by atoms with Gasteiger partial charge in [-0.2, -0.15) is 0 Å². The van der Waals surface area contributed by atoms with Crippen molar-refractivity contribution in [2.45, 2.75) is 78.6 Å². The average Bonchev–Trinajstić information content (AvgIpc) is 3.45.